The van der Waals surface area contributed by atoms with Crippen LogP contribution in [0.2, 0.25) is 10.0 Å². The Labute approximate surface area is 257 Å². The van der Waals surface area contributed by atoms with Gasteiger partial charge in [0.25, 0.3) is 10.0 Å². The molecule has 0 unspecified atom stereocenters. The summed E-state index contributed by atoms with van der Waals surface area (Å²) >= 11 is 12.5. The normalized spacial score (nSPS) is 12.3. The van der Waals surface area contributed by atoms with E-state index >= 15 is 0 Å². The monoisotopic (exact) mass is 635 g/mol. The second-order valence-corrected chi connectivity index (χ2v) is 13.2. The first kappa shape index (κ1) is 33.0. The molecule has 226 valence electrons. The minimum atomic E-state index is -4.24. The van der Waals surface area contributed by atoms with Crippen molar-refractivity contribution in [2.45, 2.75) is 50.7 Å². The fourth-order valence-corrected chi connectivity index (χ4v) is 6.01. The Morgan fingerprint density at radius 3 is 2.14 bits per heavy atom. The van der Waals surface area contributed by atoms with Gasteiger partial charge in [-0.1, -0.05) is 47.5 Å². The molecule has 3 aromatic rings. The number of methoxy groups -OCH3 is 2. The maximum Gasteiger partial charge on any atom is 0.264 e. The molecule has 0 aliphatic heterocycles. The average molecular weight is 637 g/mol. The molecule has 12 heteroatoms. The van der Waals surface area contributed by atoms with Gasteiger partial charge < -0.3 is 19.7 Å². The summed E-state index contributed by atoms with van der Waals surface area (Å²) < 4.78 is 39.6. The summed E-state index contributed by atoms with van der Waals surface area (Å²) in [4.78, 5) is 28.6. The number of carbonyl (C=O) groups is 2. The standard InChI is InChI=1S/C30H35Cl2N3O6S/c1-20(29(37)33-30(2,3)4)34(18-21-12-13-22(31)16-25(21)32)28(36)19-35(42(38,39)24-10-8-7-9-11-24)23-14-15-26(40-5)27(17-23)41-6/h7-17,20H,18-19H2,1-6H3,(H,33,37)/t20-/m1/s1. The number of benzene rings is 3. The molecule has 9 nitrogen and oxygen atoms in total. The molecule has 0 saturated heterocycles. The molecule has 0 bridgehead atoms. The lowest BCUT2D eigenvalue weighted by molar-refractivity contribution is -0.140. The summed E-state index contributed by atoms with van der Waals surface area (Å²) in [6.07, 6.45) is 0. The van der Waals surface area contributed by atoms with Gasteiger partial charge >= 0.3 is 0 Å². The molecule has 0 fully saturated rings. The van der Waals surface area contributed by atoms with Gasteiger partial charge in [-0.15, -0.1) is 0 Å². The minimum Gasteiger partial charge on any atom is -0.493 e. The molecule has 42 heavy (non-hydrogen) atoms. The fraction of sp³-hybridized carbons (Fsp3) is 0.333. The zero-order valence-corrected chi connectivity index (χ0v) is 26.7. The molecule has 0 radical (unpaired) electrons. The lowest BCUT2D eigenvalue weighted by Gasteiger charge is -2.33. The highest BCUT2D eigenvalue weighted by Gasteiger charge is 2.34. The van der Waals surface area contributed by atoms with Gasteiger partial charge in [-0.2, -0.15) is 0 Å². The first-order chi connectivity index (χ1) is 19.7. The lowest BCUT2D eigenvalue weighted by atomic mass is 10.1. The van der Waals surface area contributed by atoms with E-state index in [-0.39, 0.29) is 22.9 Å². The molecule has 0 heterocycles. The number of hydrogen-bond acceptors (Lipinski definition) is 6. The van der Waals surface area contributed by atoms with Crippen molar-refractivity contribution in [3.8, 4) is 11.5 Å². The maximum atomic E-state index is 14.1. The molecule has 0 aliphatic rings. The highest BCUT2D eigenvalue weighted by molar-refractivity contribution is 7.92. The molecule has 1 N–H and O–H groups in total. The second kappa shape index (κ2) is 13.7. The van der Waals surface area contributed by atoms with Gasteiger partial charge in [0, 0.05) is 28.2 Å². The van der Waals surface area contributed by atoms with E-state index in [1.165, 1.54) is 49.5 Å². The fourth-order valence-electron chi connectivity index (χ4n) is 4.12. The molecule has 0 aliphatic carbocycles. The Morgan fingerprint density at radius 2 is 1.57 bits per heavy atom. The van der Waals surface area contributed by atoms with E-state index in [1.807, 2.05) is 20.8 Å². The van der Waals surface area contributed by atoms with Crippen molar-refractivity contribution in [1.29, 1.82) is 0 Å². The number of carbonyl (C=O) groups excluding carboxylic acids is 2. The van der Waals surface area contributed by atoms with Crippen LogP contribution in [-0.2, 0) is 26.2 Å². The van der Waals surface area contributed by atoms with Gasteiger partial charge in [0.1, 0.15) is 12.6 Å². The third-order valence-electron chi connectivity index (χ3n) is 6.29. The predicted molar refractivity (Wildman–Crippen MR) is 165 cm³/mol. The van der Waals surface area contributed by atoms with Crippen LogP contribution in [0.5, 0.6) is 11.5 Å². The van der Waals surface area contributed by atoms with Crippen molar-refractivity contribution in [3.63, 3.8) is 0 Å². The number of amides is 2. The zero-order chi connectivity index (χ0) is 31.2. The summed E-state index contributed by atoms with van der Waals surface area (Å²) in [5.41, 5.74) is 0.134. The molecule has 3 aromatic carbocycles. The average Bonchev–Trinajstić information content (AvgIpc) is 2.94. The van der Waals surface area contributed by atoms with Crippen LogP contribution in [0.1, 0.15) is 33.3 Å². The number of hydrogen-bond donors (Lipinski definition) is 1. The van der Waals surface area contributed by atoms with Gasteiger partial charge in [-0.05, 0) is 69.7 Å². The van der Waals surface area contributed by atoms with Crippen molar-refractivity contribution >= 4 is 50.7 Å². The maximum absolute atomic E-state index is 14.1. The van der Waals surface area contributed by atoms with Crippen LogP contribution in [-0.4, -0.2) is 57.5 Å². The van der Waals surface area contributed by atoms with E-state index in [0.717, 1.165) is 4.31 Å². The number of nitrogens with one attached hydrogen (secondary N) is 1. The molecule has 1 atom stereocenters. The topological polar surface area (TPSA) is 105 Å². The molecule has 0 spiro atoms. The molecule has 0 saturated carbocycles. The summed E-state index contributed by atoms with van der Waals surface area (Å²) in [5.74, 6) is -0.383. The Morgan fingerprint density at radius 1 is 0.929 bits per heavy atom. The van der Waals surface area contributed by atoms with Crippen LogP contribution < -0.4 is 19.1 Å². The molecule has 2 amide bonds. The van der Waals surface area contributed by atoms with E-state index < -0.39 is 40.0 Å². The number of halogens is 2. The highest BCUT2D eigenvalue weighted by atomic mass is 35.5. The second-order valence-electron chi connectivity index (χ2n) is 10.5. The van der Waals surface area contributed by atoms with E-state index in [4.69, 9.17) is 32.7 Å². The first-order valence-electron chi connectivity index (χ1n) is 13.0. The summed E-state index contributed by atoms with van der Waals surface area (Å²) in [7, 11) is -1.36. The number of nitrogens with zero attached hydrogens (tertiary/aromatic N) is 2. The van der Waals surface area contributed by atoms with Crippen molar-refractivity contribution in [2.24, 2.45) is 0 Å². The molecule has 0 aromatic heterocycles. The van der Waals surface area contributed by atoms with Crippen LogP contribution in [0.3, 0.4) is 0 Å². The predicted octanol–water partition coefficient (Wildman–Crippen LogP) is 5.54. The van der Waals surface area contributed by atoms with Crippen LogP contribution >= 0.6 is 23.2 Å². The SMILES string of the molecule is COc1ccc(N(CC(=O)N(Cc2ccc(Cl)cc2Cl)[C@H](C)C(=O)NC(C)(C)C)S(=O)(=O)c2ccccc2)cc1OC. The summed E-state index contributed by atoms with van der Waals surface area (Å²) in [6, 6.07) is 16.2. The number of rotatable bonds is 11. The molecule has 3 rings (SSSR count). The van der Waals surface area contributed by atoms with Crippen LogP contribution in [0.25, 0.3) is 0 Å². The van der Waals surface area contributed by atoms with E-state index in [9.17, 15) is 18.0 Å². The Bertz CT molecular complexity index is 1530. The van der Waals surface area contributed by atoms with Crippen molar-refractivity contribution in [2.75, 3.05) is 25.1 Å². The molecular weight excluding hydrogens is 601 g/mol. The van der Waals surface area contributed by atoms with Crippen LogP contribution in [0.15, 0.2) is 71.6 Å². The van der Waals surface area contributed by atoms with Crippen molar-refractivity contribution < 1.29 is 27.5 Å². The van der Waals surface area contributed by atoms with Crippen LogP contribution in [0, 0.1) is 0 Å². The summed E-state index contributed by atoms with van der Waals surface area (Å²) in [5, 5.41) is 3.60. The van der Waals surface area contributed by atoms with E-state index in [0.29, 0.717) is 21.4 Å². The van der Waals surface area contributed by atoms with Gasteiger partial charge in [-0.3, -0.25) is 13.9 Å². The Balaban J connectivity index is 2.11. The van der Waals surface area contributed by atoms with Crippen LogP contribution in [0.4, 0.5) is 5.69 Å². The number of anilines is 1. The first-order valence-corrected chi connectivity index (χ1v) is 15.2. The third-order valence-corrected chi connectivity index (χ3v) is 8.66. The largest absolute Gasteiger partial charge is 0.493 e. The minimum absolute atomic E-state index is 0.0154. The lowest BCUT2D eigenvalue weighted by Crippen LogP contribution is -2.54. The quantitative estimate of drug-likeness (QED) is 0.297. The summed E-state index contributed by atoms with van der Waals surface area (Å²) in [6.45, 7) is 6.36. The van der Waals surface area contributed by atoms with Gasteiger partial charge in [0.05, 0.1) is 24.8 Å². The van der Waals surface area contributed by atoms with Gasteiger partial charge in [0.15, 0.2) is 11.5 Å². The third kappa shape index (κ3) is 8.08. The van der Waals surface area contributed by atoms with Crippen molar-refractivity contribution in [1.82, 2.24) is 10.2 Å². The highest BCUT2D eigenvalue weighted by Crippen LogP contribution is 2.34. The smallest absolute Gasteiger partial charge is 0.264 e. The van der Waals surface area contributed by atoms with E-state index in [2.05, 4.69) is 5.32 Å². The molecular formula is C30H35Cl2N3O6S. The van der Waals surface area contributed by atoms with Gasteiger partial charge in [-0.25, -0.2) is 8.42 Å². The Kier molecular flexibility index (Phi) is 10.8. The number of ether oxygens (including phenoxy) is 2. The van der Waals surface area contributed by atoms with E-state index in [1.54, 1.807) is 43.3 Å². The van der Waals surface area contributed by atoms with Crippen molar-refractivity contribution in [3.05, 3.63) is 82.3 Å². The Hall–Kier alpha value is -3.47. The van der Waals surface area contributed by atoms with Gasteiger partial charge in [0.2, 0.25) is 11.8 Å². The number of sulfonamides is 1. The zero-order valence-electron chi connectivity index (χ0n) is 24.4.